The lowest BCUT2D eigenvalue weighted by atomic mass is 10.0. The van der Waals surface area contributed by atoms with E-state index in [1.807, 2.05) is 0 Å². The van der Waals surface area contributed by atoms with Gasteiger partial charge in [-0.15, -0.1) is 0 Å². The molecule has 1 heterocycles. The van der Waals surface area contributed by atoms with Crippen molar-refractivity contribution >= 4 is 0 Å². The molecule has 2 rings (SSSR count). The number of hydrogen-bond donors (Lipinski definition) is 1. The van der Waals surface area contributed by atoms with Crippen molar-refractivity contribution in [2.75, 3.05) is 20.1 Å². The normalized spacial score (nSPS) is 18.9. The van der Waals surface area contributed by atoms with Crippen molar-refractivity contribution in [3.8, 4) is 0 Å². The minimum Gasteiger partial charge on any atom is -0.314 e. The van der Waals surface area contributed by atoms with Gasteiger partial charge in [-0.05, 0) is 26.0 Å². The van der Waals surface area contributed by atoms with Crippen molar-refractivity contribution in [1.29, 1.82) is 0 Å². The first-order valence-electron chi connectivity index (χ1n) is 5.74. The predicted octanol–water partition coefficient (Wildman–Crippen LogP) is 1.52. The maximum Gasteiger partial charge on any atom is 0.0345 e. The van der Waals surface area contributed by atoms with E-state index in [2.05, 4.69) is 54.5 Å². The summed E-state index contributed by atoms with van der Waals surface area (Å²) in [6, 6.07) is 12.1. The largest absolute Gasteiger partial charge is 0.314 e. The summed E-state index contributed by atoms with van der Waals surface area (Å²) < 4.78 is 0. The van der Waals surface area contributed by atoms with Crippen LogP contribution in [0.1, 0.15) is 12.5 Å². The Hall–Kier alpha value is -0.860. The highest BCUT2D eigenvalue weighted by Crippen LogP contribution is 2.11. The van der Waals surface area contributed by atoms with Crippen LogP contribution in [0.4, 0.5) is 0 Å². The molecule has 0 saturated carbocycles. The third-order valence-corrected chi connectivity index (χ3v) is 3.41. The standard InChI is InChI=1S/C13H20N2/c1-11(15(2)13-9-14-10-13)8-12-6-4-3-5-7-12/h3-7,11,13-14H,8-10H2,1-2H3. The van der Waals surface area contributed by atoms with Gasteiger partial charge in [-0.1, -0.05) is 30.3 Å². The molecule has 1 saturated heterocycles. The summed E-state index contributed by atoms with van der Waals surface area (Å²) in [6.45, 7) is 4.61. The van der Waals surface area contributed by atoms with E-state index >= 15 is 0 Å². The van der Waals surface area contributed by atoms with Crippen LogP contribution < -0.4 is 5.32 Å². The first-order chi connectivity index (χ1) is 7.27. The molecule has 15 heavy (non-hydrogen) atoms. The van der Waals surface area contributed by atoms with E-state index < -0.39 is 0 Å². The van der Waals surface area contributed by atoms with Gasteiger partial charge >= 0.3 is 0 Å². The van der Waals surface area contributed by atoms with Gasteiger partial charge in [0, 0.05) is 25.2 Å². The number of hydrogen-bond acceptors (Lipinski definition) is 2. The number of likely N-dealkylation sites (N-methyl/N-ethyl adjacent to an activating group) is 1. The van der Waals surface area contributed by atoms with Gasteiger partial charge in [0.05, 0.1) is 0 Å². The SMILES string of the molecule is CC(Cc1ccccc1)N(C)C1CNC1. The van der Waals surface area contributed by atoms with Crippen molar-refractivity contribution < 1.29 is 0 Å². The molecule has 0 radical (unpaired) electrons. The Balaban J connectivity index is 1.88. The van der Waals surface area contributed by atoms with E-state index in [-0.39, 0.29) is 0 Å². The van der Waals surface area contributed by atoms with Gasteiger partial charge in [0.25, 0.3) is 0 Å². The van der Waals surface area contributed by atoms with E-state index in [0.29, 0.717) is 6.04 Å². The fourth-order valence-corrected chi connectivity index (χ4v) is 2.02. The molecule has 2 nitrogen and oxygen atoms in total. The highest BCUT2D eigenvalue weighted by molar-refractivity contribution is 5.15. The zero-order valence-electron chi connectivity index (χ0n) is 9.61. The fourth-order valence-electron chi connectivity index (χ4n) is 2.02. The van der Waals surface area contributed by atoms with Crippen LogP contribution in [0, 0.1) is 0 Å². The molecule has 0 bridgehead atoms. The molecular formula is C13H20N2. The van der Waals surface area contributed by atoms with Crippen LogP contribution in [-0.4, -0.2) is 37.1 Å². The first kappa shape index (κ1) is 10.7. The van der Waals surface area contributed by atoms with Gasteiger partial charge in [-0.3, -0.25) is 4.90 Å². The van der Waals surface area contributed by atoms with Crippen LogP contribution in [0.25, 0.3) is 0 Å². The molecule has 0 aromatic heterocycles. The minimum atomic E-state index is 0.625. The first-order valence-corrected chi connectivity index (χ1v) is 5.74. The van der Waals surface area contributed by atoms with E-state index in [0.717, 1.165) is 25.6 Å². The summed E-state index contributed by atoms with van der Waals surface area (Å²) >= 11 is 0. The number of nitrogens with one attached hydrogen (secondary N) is 1. The van der Waals surface area contributed by atoms with Crippen LogP contribution in [0.3, 0.4) is 0 Å². The van der Waals surface area contributed by atoms with Crippen molar-refractivity contribution in [2.24, 2.45) is 0 Å². The maximum absolute atomic E-state index is 3.32. The average molecular weight is 204 g/mol. The van der Waals surface area contributed by atoms with Crippen LogP contribution in [0.5, 0.6) is 0 Å². The lowest BCUT2D eigenvalue weighted by molar-refractivity contribution is 0.135. The molecule has 1 aliphatic rings. The second-order valence-electron chi connectivity index (χ2n) is 4.52. The zero-order chi connectivity index (χ0) is 10.7. The molecule has 1 aromatic rings. The van der Waals surface area contributed by atoms with Crippen LogP contribution in [-0.2, 0) is 6.42 Å². The molecule has 0 amide bonds. The smallest absolute Gasteiger partial charge is 0.0345 e. The fraction of sp³-hybridized carbons (Fsp3) is 0.538. The molecule has 82 valence electrons. The quantitative estimate of drug-likeness (QED) is 0.800. The second kappa shape index (κ2) is 4.77. The summed E-state index contributed by atoms with van der Waals surface area (Å²) in [7, 11) is 2.24. The monoisotopic (exact) mass is 204 g/mol. The lowest BCUT2D eigenvalue weighted by Crippen LogP contribution is -2.58. The lowest BCUT2D eigenvalue weighted by Gasteiger charge is -2.39. The van der Waals surface area contributed by atoms with Crippen LogP contribution in [0.2, 0.25) is 0 Å². The van der Waals surface area contributed by atoms with Gasteiger partial charge in [0.2, 0.25) is 0 Å². The Kier molecular flexibility index (Phi) is 3.39. The van der Waals surface area contributed by atoms with Crippen molar-refractivity contribution in [3.05, 3.63) is 35.9 Å². The number of benzene rings is 1. The Morgan fingerprint density at radius 2 is 2.00 bits per heavy atom. The Morgan fingerprint density at radius 3 is 2.53 bits per heavy atom. The summed E-state index contributed by atoms with van der Waals surface area (Å²) in [5, 5.41) is 3.32. The van der Waals surface area contributed by atoms with Crippen LogP contribution >= 0.6 is 0 Å². The van der Waals surface area contributed by atoms with Crippen LogP contribution in [0.15, 0.2) is 30.3 Å². The highest BCUT2D eigenvalue weighted by atomic mass is 15.2. The zero-order valence-corrected chi connectivity index (χ0v) is 9.61. The van der Waals surface area contributed by atoms with Crippen molar-refractivity contribution in [3.63, 3.8) is 0 Å². The molecule has 1 fully saturated rings. The van der Waals surface area contributed by atoms with E-state index in [9.17, 15) is 0 Å². The van der Waals surface area contributed by atoms with E-state index in [1.165, 1.54) is 5.56 Å². The highest BCUT2D eigenvalue weighted by Gasteiger charge is 2.24. The molecule has 0 spiro atoms. The molecule has 1 aliphatic heterocycles. The Morgan fingerprint density at radius 1 is 1.33 bits per heavy atom. The molecular weight excluding hydrogens is 184 g/mol. The third-order valence-electron chi connectivity index (χ3n) is 3.41. The summed E-state index contributed by atoms with van der Waals surface area (Å²) in [4.78, 5) is 2.49. The molecule has 1 unspecified atom stereocenters. The predicted molar refractivity (Wildman–Crippen MR) is 64.0 cm³/mol. The average Bonchev–Trinajstić information content (AvgIpc) is 2.16. The summed E-state index contributed by atoms with van der Waals surface area (Å²) in [5.41, 5.74) is 1.43. The third kappa shape index (κ3) is 2.58. The Bertz CT molecular complexity index is 293. The van der Waals surface area contributed by atoms with Crippen molar-refractivity contribution in [2.45, 2.75) is 25.4 Å². The van der Waals surface area contributed by atoms with Crippen molar-refractivity contribution in [1.82, 2.24) is 10.2 Å². The summed E-state index contributed by atoms with van der Waals surface area (Å²) in [6.07, 6.45) is 1.15. The van der Waals surface area contributed by atoms with Gasteiger partial charge in [-0.2, -0.15) is 0 Å². The topological polar surface area (TPSA) is 15.3 Å². The van der Waals surface area contributed by atoms with Gasteiger partial charge < -0.3 is 5.32 Å². The van der Waals surface area contributed by atoms with Gasteiger partial charge in [0.15, 0.2) is 0 Å². The minimum absolute atomic E-state index is 0.625. The molecule has 2 heteroatoms. The Labute approximate surface area is 92.3 Å². The second-order valence-corrected chi connectivity index (χ2v) is 4.52. The van der Waals surface area contributed by atoms with Gasteiger partial charge in [-0.25, -0.2) is 0 Å². The number of rotatable bonds is 4. The summed E-state index contributed by atoms with van der Waals surface area (Å²) in [5.74, 6) is 0. The number of nitrogens with zero attached hydrogens (tertiary/aromatic N) is 1. The molecule has 1 N–H and O–H groups in total. The van der Waals surface area contributed by atoms with E-state index in [1.54, 1.807) is 0 Å². The molecule has 1 aromatic carbocycles. The van der Waals surface area contributed by atoms with Gasteiger partial charge in [0.1, 0.15) is 0 Å². The molecule has 0 aliphatic carbocycles. The maximum atomic E-state index is 3.32. The van der Waals surface area contributed by atoms with E-state index in [4.69, 9.17) is 0 Å². The molecule has 1 atom stereocenters.